The lowest BCUT2D eigenvalue weighted by Gasteiger charge is -2.17. The quantitative estimate of drug-likeness (QED) is 0.328. The Morgan fingerprint density at radius 3 is 2.27 bits per heavy atom. The van der Waals surface area contributed by atoms with Crippen molar-refractivity contribution in [1.29, 1.82) is 0 Å². The molecule has 0 saturated carbocycles. The molecule has 3 aromatic carbocycles. The number of amidine groups is 1. The van der Waals surface area contributed by atoms with Gasteiger partial charge in [0.15, 0.2) is 11.0 Å². The first-order valence-corrected chi connectivity index (χ1v) is 12.1. The Morgan fingerprint density at radius 1 is 0.909 bits per heavy atom. The van der Waals surface area contributed by atoms with Gasteiger partial charge in [0.25, 0.3) is 5.91 Å². The van der Waals surface area contributed by atoms with E-state index in [2.05, 4.69) is 17.0 Å². The molecule has 0 N–H and O–H groups in total. The molecule has 0 spiro atoms. The van der Waals surface area contributed by atoms with Crippen LogP contribution in [0.4, 0.5) is 17.1 Å². The second-order valence-electron chi connectivity index (χ2n) is 7.84. The van der Waals surface area contributed by atoms with Crippen LogP contribution in [0.3, 0.4) is 0 Å². The average Bonchev–Trinajstić information content (AvgIpc) is 3.31. The van der Waals surface area contributed by atoms with Crippen LogP contribution in [0, 0.1) is 6.92 Å². The number of amides is 1. The van der Waals surface area contributed by atoms with Crippen molar-refractivity contribution in [2.75, 3.05) is 16.8 Å². The van der Waals surface area contributed by atoms with Crippen LogP contribution in [0.1, 0.15) is 22.8 Å². The Balaban J connectivity index is 1.59. The second kappa shape index (κ2) is 8.57. The van der Waals surface area contributed by atoms with Gasteiger partial charge in [-0.3, -0.25) is 14.5 Å². The Labute approximate surface area is 201 Å². The minimum Gasteiger partial charge on any atom is -0.337 e. The average molecular weight is 472 g/mol. The first kappa shape index (κ1) is 21.6. The molecule has 164 valence electrons. The second-order valence-corrected chi connectivity index (χ2v) is 9.85. The largest absolute Gasteiger partial charge is 0.337 e. The zero-order valence-electron chi connectivity index (χ0n) is 18.4. The number of carbonyl (C=O) groups excluding carboxylic acids is 2. The van der Waals surface area contributed by atoms with Gasteiger partial charge in [-0.1, -0.05) is 41.6 Å². The van der Waals surface area contributed by atoms with Gasteiger partial charge in [-0.25, -0.2) is 4.99 Å². The number of Topliss-reactive ketones (excluding diaryl/α,β-unsaturated/α-hetero) is 1. The molecule has 0 aliphatic carbocycles. The predicted octanol–water partition coefficient (Wildman–Crippen LogP) is 6.38. The minimum absolute atomic E-state index is 0.00813. The first-order valence-electron chi connectivity index (χ1n) is 10.5. The number of aliphatic imine (C=N–C) groups is 1. The molecule has 2 aliphatic heterocycles. The number of aryl methyl sites for hydroxylation is 1. The maximum absolute atomic E-state index is 13.7. The minimum atomic E-state index is -0.0925. The third-order valence-electron chi connectivity index (χ3n) is 5.50. The van der Waals surface area contributed by atoms with E-state index in [1.165, 1.54) is 18.7 Å². The van der Waals surface area contributed by atoms with Crippen molar-refractivity contribution in [3.63, 3.8) is 0 Å². The van der Waals surface area contributed by atoms with E-state index in [1.54, 1.807) is 40.9 Å². The van der Waals surface area contributed by atoms with E-state index in [4.69, 9.17) is 4.99 Å². The Kier molecular flexibility index (Phi) is 5.60. The fourth-order valence-electron chi connectivity index (χ4n) is 3.68. The molecule has 3 aromatic rings. The molecule has 5 rings (SSSR count). The number of rotatable bonds is 3. The molecule has 2 aliphatic rings. The molecular weight excluding hydrogens is 450 g/mol. The lowest BCUT2D eigenvalue weighted by molar-refractivity contribution is -0.113. The molecule has 0 atom stereocenters. The number of ketones is 1. The zero-order chi connectivity index (χ0) is 23.1. The highest BCUT2D eigenvalue weighted by Crippen LogP contribution is 2.50. The summed E-state index contributed by atoms with van der Waals surface area (Å²) >= 11 is 2.98. The molecular formula is C26H21N3O2S2. The summed E-state index contributed by atoms with van der Waals surface area (Å²) in [4.78, 5) is 35.6. The summed E-state index contributed by atoms with van der Waals surface area (Å²) in [5.74, 6) is -0.0844. The number of para-hydroxylation sites is 1. The summed E-state index contributed by atoms with van der Waals surface area (Å²) in [7, 11) is 1.99. The third kappa shape index (κ3) is 3.98. The van der Waals surface area contributed by atoms with Crippen molar-refractivity contribution in [2.24, 2.45) is 4.99 Å². The van der Waals surface area contributed by atoms with E-state index in [9.17, 15) is 9.59 Å². The number of benzene rings is 3. The Bertz CT molecular complexity index is 1330. The van der Waals surface area contributed by atoms with Gasteiger partial charge in [0, 0.05) is 17.5 Å². The van der Waals surface area contributed by atoms with Crippen molar-refractivity contribution < 1.29 is 9.59 Å². The number of nitrogens with zero attached hydrogens (tertiary/aromatic N) is 3. The molecule has 5 nitrogen and oxygen atoms in total. The van der Waals surface area contributed by atoms with Crippen LogP contribution < -0.4 is 9.80 Å². The molecule has 0 aromatic heterocycles. The van der Waals surface area contributed by atoms with Crippen molar-refractivity contribution in [3.8, 4) is 0 Å². The molecule has 1 amide bonds. The normalized spacial score (nSPS) is 18.9. The molecule has 0 radical (unpaired) electrons. The highest BCUT2D eigenvalue weighted by atomic mass is 32.2. The van der Waals surface area contributed by atoms with Gasteiger partial charge in [-0.2, -0.15) is 0 Å². The lowest BCUT2D eigenvalue weighted by Crippen LogP contribution is -2.29. The van der Waals surface area contributed by atoms with Gasteiger partial charge in [0.2, 0.25) is 0 Å². The number of hydrogen-bond acceptors (Lipinski definition) is 6. The fraction of sp³-hybridized carbons (Fsp3) is 0.115. The zero-order valence-corrected chi connectivity index (χ0v) is 20.0. The Morgan fingerprint density at radius 2 is 1.61 bits per heavy atom. The van der Waals surface area contributed by atoms with Crippen LogP contribution in [-0.4, -0.2) is 23.9 Å². The SMILES string of the molecule is CC(=O)c1ccc(N=C2S/C(=C3\Sc4ccccc4N3C)C(=O)N2c2ccc(C)cc2)cc1. The van der Waals surface area contributed by atoms with E-state index in [-0.39, 0.29) is 11.7 Å². The summed E-state index contributed by atoms with van der Waals surface area (Å²) in [5.41, 5.74) is 4.31. The molecule has 0 bridgehead atoms. The van der Waals surface area contributed by atoms with E-state index >= 15 is 0 Å². The van der Waals surface area contributed by atoms with Gasteiger partial charge in [0.1, 0.15) is 4.91 Å². The molecule has 1 fully saturated rings. The highest BCUT2D eigenvalue weighted by molar-refractivity contribution is 8.20. The number of thioether (sulfide) groups is 2. The van der Waals surface area contributed by atoms with Crippen LogP contribution in [0.5, 0.6) is 0 Å². The highest BCUT2D eigenvalue weighted by Gasteiger charge is 2.40. The lowest BCUT2D eigenvalue weighted by atomic mass is 10.1. The van der Waals surface area contributed by atoms with Crippen molar-refractivity contribution in [1.82, 2.24) is 0 Å². The van der Waals surface area contributed by atoms with E-state index in [1.807, 2.05) is 50.4 Å². The van der Waals surface area contributed by atoms with Crippen molar-refractivity contribution in [3.05, 3.63) is 93.9 Å². The van der Waals surface area contributed by atoms with Gasteiger partial charge in [0.05, 0.1) is 22.1 Å². The Hall–Kier alpha value is -3.29. The summed E-state index contributed by atoms with van der Waals surface area (Å²) in [5, 5.41) is 1.49. The maximum atomic E-state index is 13.7. The number of hydrogen-bond donors (Lipinski definition) is 0. The summed E-state index contributed by atoms with van der Waals surface area (Å²) in [6.45, 7) is 3.56. The van der Waals surface area contributed by atoms with E-state index < -0.39 is 0 Å². The molecule has 0 unspecified atom stereocenters. The van der Waals surface area contributed by atoms with Gasteiger partial charge in [-0.15, -0.1) is 0 Å². The maximum Gasteiger partial charge on any atom is 0.274 e. The monoisotopic (exact) mass is 471 g/mol. The number of anilines is 2. The van der Waals surface area contributed by atoms with Crippen molar-refractivity contribution >= 4 is 57.4 Å². The summed E-state index contributed by atoms with van der Waals surface area (Å²) < 4.78 is 0. The molecule has 7 heteroatoms. The third-order valence-corrected chi connectivity index (χ3v) is 7.90. The number of fused-ring (bicyclic) bond motifs is 1. The van der Waals surface area contributed by atoms with Crippen LogP contribution in [0.2, 0.25) is 0 Å². The van der Waals surface area contributed by atoms with E-state index in [0.717, 1.165) is 26.9 Å². The van der Waals surface area contributed by atoms with Crippen LogP contribution >= 0.6 is 23.5 Å². The van der Waals surface area contributed by atoms with Gasteiger partial charge in [-0.05, 0) is 74.1 Å². The van der Waals surface area contributed by atoms with Gasteiger partial charge >= 0.3 is 0 Å². The smallest absolute Gasteiger partial charge is 0.274 e. The van der Waals surface area contributed by atoms with E-state index in [0.29, 0.717) is 21.3 Å². The molecule has 1 saturated heterocycles. The van der Waals surface area contributed by atoms with Crippen LogP contribution in [0.25, 0.3) is 0 Å². The molecule has 33 heavy (non-hydrogen) atoms. The summed E-state index contributed by atoms with van der Waals surface area (Å²) in [6.07, 6.45) is 0. The van der Waals surface area contributed by atoms with Crippen molar-refractivity contribution in [2.45, 2.75) is 18.7 Å². The standard InChI is InChI=1S/C26H21N3O2S2/c1-16-8-14-20(15-9-16)29-24(31)23(25-28(3)21-6-4-5-7-22(21)32-25)33-26(29)27-19-12-10-18(11-13-19)17(2)30/h4-15H,1-3H3/b25-23-,27-26?. The fourth-order valence-corrected chi connectivity index (χ4v) is 6.03. The van der Waals surface area contributed by atoms with Crippen LogP contribution in [0.15, 0.2) is 92.6 Å². The number of carbonyl (C=O) groups is 2. The van der Waals surface area contributed by atoms with Gasteiger partial charge < -0.3 is 4.90 Å². The summed E-state index contributed by atoms with van der Waals surface area (Å²) in [6, 6.07) is 23.1. The predicted molar refractivity (Wildman–Crippen MR) is 138 cm³/mol. The van der Waals surface area contributed by atoms with Crippen LogP contribution in [-0.2, 0) is 4.79 Å². The first-order chi connectivity index (χ1) is 15.9. The molecule has 2 heterocycles. The topological polar surface area (TPSA) is 53.0 Å².